The van der Waals surface area contributed by atoms with Crippen LogP contribution in [-0.2, 0) is 0 Å². The molecule has 0 aromatic heterocycles. The number of hydrogen-bond acceptors (Lipinski definition) is 2. The van der Waals surface area contributed by atoms with Crippen LogP contribution in [0.2, 0.25) is 0 Å². The maximum atomic E-state index is 13.9. The lowest BCUT2D eigenvalue weighted by atomic mass is 10.1. The molecule has 0 unspecified atom stereocenters. The number of halogens is 3. The molecule has 18 heavy (non-hydrogen) atoms. The van der Waals surface area contributed by atoms with E-state index >= 15 is 0 Å². The van der Waals surface area contributed by atoms with Gasteiger partial charge in [-0.15, -0.1) is 0 Å². The van der Waals surface area contributed by atoms with Gasteiger partial charge in [-0.1, -0.05) is 0 Å². The van der Waals surface area contributed by atoms with Crippen molar-refractivity contribution >= 4 is 21.6 Å². The second-order valence-corrected chi connectivity index (χ2v) is 6.16. The summed E-state index contributed by atoms with van der Waals surface area (Å²) < 4.78 is 27.5. The van der Waals surface area contributed by atoms with E-state index in [4.69, 9.17) is 0 Å². The first-order chi connectivity index (χ1) is 8.39. The Balaban J connectivity index is 2.35. The summed E-state index contributed by atoms with van der Waals surface area (Å²) >= 11 is 3.25. The van der Waals surface area contributed by atoms with Crippen LogP contribution in [0.25, 0.3) is 0 Å². The van der Waals surface area contributed by atoms with Gasteiger partial charge in [-0.2, -0.15) is 0 Å². The summed E-state index contributed by atoms with van der Waals surface area (Å²) in [6.45, 7) is 6.52. The molecule has 1 N–H and O–H groups in total. The van der Waals surface area contributed by atoms with Crippen LogP contribution in [0, 0.1) is 11.6 Å². The van der Waals surface area contributed by atoms with Crippen molar-refractivity contribution in [1.29, 1.82) is 0 Å². The van der Waals surface area contributed by atoms with Gasteiger partial charge in [-0.25, -0.2) is 8.78 Å². The zero-order valence-corrected chi connectivity index (χ0v) is 12.2. The lowest BCUT2D eigenvalue weighted by Crippen LogP contribution is -2.46. The summed E-state index contributed by atoms with van der Waals surface area (Å²) in [7, 11) is 0. The van der Waals surface area contributed by atoms with Gasteiger partial charge in [-0.05, 0) is 48.8 Å². The fraction of sp³-hybridized carbons (Fsp3) is 0.538. The SMILES string of the molecule is CC1(C)CN(c2c(F)cc(F)cc2Br)CCCN1. The van der Waals surface area contributed by atoms with Gasteiger partial charge >= 0.3 is 0 Å². The first-order valence-electron chi connectivity index (χ1n) is 6.03. The number of anilines is 1. The van der Waals surface area contributed by atoms with Gasteiger partial charge in [0.2, 0.25) is 0 Å². The lowest BCUT2D eigenvalue weighted by molar-refractivity contribution is 0.415. The fourth-order valence-electron chi connectivity index (χ4n) is 2.34. The molecule has 1 heterocycles. The molecule has 2 nitrogen and oxygen atoms in total. The van der Waals surface area contributed by atoms with E-state index in [0.29, 0.717) is 16.7 Å². The molecule has 5 heteroatoms. The Morgan fingerprint density at radius 3 is 2.72 bits per heavy atom. The molecule has 0 saturated carbocycles. The molecule has 0 bridgehead atoms. The number of nitrogens with zero attached hydrogens (tertiary/aromatic N) is 1. The van der Waals surface area contributed by atoms with Gasteiger partial charge in [0.15, 0.2) is 5.82 Å². The summed E-state index contributed by atoms with van der Waals surface area (Å²) in [5.74, 6) is -1.07. The molecule has 0 radical (unpaired) electrons. The predicted octanol–water partition coefficient (Wildman–Crippen LogP) is 3.31. The average Bonchev–Trinajstić information content (AvgIpc) is 2.37. The predicted molar refractivity (Wildman–Crippen MR) is 73.0 cm³/mol. The van der Waals surface area contributed by atoms with E-state index in [1.165, 1.54) is 6.07 Å². The Labute approximate surface area is 114 Å². The zero-order valence-electron chi connectivity index (χ0n) is 10.6. The fourth-order valence-corrected chi connectivity index (χ4v) is 3.00. The first-order valence-corrected chi connectivity index (χ1v) is 6.83. The molecule has 100 valence electrons. The van der Waals surface area contributed by atoms with E-state index in [2.05, 4.69) is 35.1 Å². The Morgan fingerprint density at radius 1 is 1.33 bits per heavy atom. The minimum atomic E-state index is -0.560. The van der Waals surface area contributed by atoms with Crippen molar-refractivity contribution < 1.29 is 8.78 Å². The molecule has 1 fully saturated rings. The van der Waals surface area contributed by atoms with Crippen LogP contribution in [0.4, 0.5) is 14.5 Å². The van der Waals surface area contributed by atoms with E-state index < -0.39 is 11.6 Å². The maximum absolute atomic E-state index is 13.9. The van der Waals surface area contributed by atoms with Gasteiger partial charge in [-0.3, -0.25) is 0 Å². The summed E-state index contributed by atoms with van der Waals surface area (Å²) in [6.07, 6.45) is 0.937. The number of benzene rings is 1. The van der Waals surface area contributed by atoms with Gasteiger partial charge in [0, 0.05) is 29.2 Å². The van der Waals surface area contributed by atoms with E-state index in [1.807, 2.05) is 4.90 Å². The second kappa shape index (κ2) is 5.13. The first kappa shape index (κ1) is 13.7. The van der Waals surface area contributed by atoms with Gasteiger partial charge in [0.25, 0.3) is 0 Å². The highest BCUT2D eigenvalue weighted by molar-refractivity contribution is 9.10. The van der Waals surface area contributed by atoms with Gasteiger partial charge in [0.05, 0.1) is 5.69 Å². The number of rotatable bonds is 1. The quantitative estimate of drug-likeness (QED) is 0.854. The smallest absolute Gasteiger partial charge is 0.150 e. The second-order valence-electron chi connectivity index (χ2n) is 5.30. The van der Waals surface area contributed by atoms with Crippen molar-refractivity contribution in [3.63, 3.8) is 0 Å². The Morgan fingerprint density at radius 2 is 2.06 bits per heavy atom. The minimum absolute atomic E-state index is 0.0865. The molecule has 1 aliphatic rings. The molecule has 1 aliphatic heterocycles. The van der Waals surface area contributed by atoms with Crippen LogP contribution in [0.1, 0.15) is 20.3 Å². The Bertz CT molecular complexity index is 426. The highest BCUT2D eigenvalue weighted by atomic mass is 79.9. The molecule has 1 saturated heterocycles. The molecular formula is C13H17BrF2N2. The van der Waals surface area contributed by atoms with Crippen LogP contribution in [0.3, 0.4) is 0 Å². The summed E-state index contributed by atoms with van der Waals surface area (Å²) in [5, 5.41) is 3.42. The van der Waals surface area contributed by atoms with Crippen molar-refractivity contribution in [2.45, 2.75) is 25.8 Å². The standard InChI is InChI=1S/C13H17BrF2N2/c1-13(2)8-18(5-3-4-17-13)12-10(14)6-9(15)7-11(12)16/h6-7,17H,3-5,8H2,1-2H3. The normalized spacial score (nSPS) is 19.7. The maximum Gasteiger partial charge on any atom is 0.150 e. The van der Waals surface area contributed by atoms with Gasteiger partial charge in [0.1, 0.15) is 5.82 Å². The van der Waals surface area contributed by atoms with Crippen LogP contribution >= 0.6 is 15.9 Å². The van der Waals surface area contributed by atoms with Crippen LogP contribution < -0.4 is 10.2 Å². The lowest BCUT2D eigenvalue weighted by Gasteiger charge is -2.32. The zero-order chi connectivity index (χ0) is 13.3. The Kier molecular flexibility index (Phi) is 3.92. The van der Waals surface area contributed by atoms with Crippen molar-refractivity contribution in [2.24, 2.45) is 0 Å². The van der Waals surface area contributed by atoms with Crippen molar-refractivity contribution in [1.82, 2.24) is 5.32 Å². The number of nitrogens with one attached hydrogen (secondary N) is 1. The molecular weight excluding hydrogens is 302 g/mol. The summed E-state index contributed by atoms with van der Waals surface area (Å²) in [4.78, 5) is 1.97. The molecule has 1 aromatic carbocycles. The van der Waals surface area contributed by atoms with Crippen molar-refractivity contribution in [3.8, 4) is 0 Å². The molecule has 0 atom stereocenters. The van der Waals surface area contributed by atoms with E-state index in [1.54, 1.807) is 0 Å². The van der Waals surface area contributed by atoms with Crippen molar-refractivity contribution in [2.75, 3.05) is 24.5 Å². The average molecular weight is 319 g/mol. The van der Waals surface area contributed by atoms with E-state index in [9.17, 15) is 8.78 Å². The summed E-state index contributed by atoms with van der Waals surface area (Å²) in [5.41, 5.74) is 0.365. The molecule has 0 spiro atoms. The molecule has 0 aliphatic carbocycles. The third-order valence-electron chi connectivity index (χ3n) is 3.09. The van der Waals surface area contributed by atoms with Crippen LogP contribution in [-0.4, -0.2) is 25.2 Å². The summed E-state index contributed by atoms with van der Waals surface area (Å²) in [6, 6.07) is 2.25. The molecule has 1 aromatic rings. The highest BCUT2D eigenvalue weighted by Crippen LogP contribution is 2.32. The topological polar surface area (TPSA) is 15.3 Å². The van der Waals surface area contributed by atoms with Crippen LogP contribution in [0.5, 0.6) is 0 Å². The minimum Gasteiger partial charge on any atom is -0.366 e. The number of hydrogen-bond donors (Lipinski definition) is 1. The third kappa shape index (κ3) is 3.01. The van der Waals surface area contributed by atoms with E-state index in [-0.39, 0.29) is 5.54 Å². The highest BCUT2D eigenvalue weighted by Gasteiger charge is 2.27. The van der Waals surface area contributed by atoms with Gasteiger partial charge < -0.3 is 10.2 Å². The largest absolute Gasteiger partial charge is 0.366 e. The monoisotopic (exact) mass is 318 g/mol. The Hall–Kier alpha value is -0.680. The molecule has 2 rings (SSSR count). The van der Waals surface area contributed by atoms with E-state index in [0.717, 1.165) is 25.6 Å². The molecule has 0 amide bonds. The third-order valence-corrected chi connectivity index (χ3v) is 3.70. The van der Waals surface area contributed by atoms with Crippen molar-refractivity contribution in [3.05, 3.63) is 28.2 Å². The van der Waals surface area contributed by atoms with Crippen LogP contribution in [0.15, 0.2) is 16.6 Å².